The van der Waals surface area contributed by atoms with Crippen molar-refractivity contribution in [2.24, 2.45) is 0 Å². The van der Waals surface area contributed by atoms with E-state index in [0.717, 1.165) is 16.9 Å². The van der Waals surface area contributed by atoms with Gasteiger partial charge in [0, 0.05) is 13.1 Å². The summed E-state index contributed by atoms with van der Waals surface area (Å²) in [6.45, 7) is 7.24. The predicted molar refractivity (Wildman–Crippen MR) is 88.9 cm³/mol. The van der Waals surface area contributed by atoms with Crippen LogP contribution in [0.4, 0.5) is 0 Å². The molecule has 0 aliphatic carbocycles. The van der Waals surface area contributed by atoms with Gasteiger partial charge in [0.1, 0.15) is 0 Å². The summed E-state index contributed by atoms with van der Waals surface area (Å²) in [6.07, 6.45) is 2.67. The number of benzene rings is 1. The number of aliphatic hydroxyl groups is 1. The van der Waals surface area contributed by atoms with Crippen LogP contribution in [0.5, 0.6) is 0 Å². The van der Waals surface area contributed by atoms with Crippen LogP contribution in [-0.4, -0.2) is 44.9 Å². The van der Waals surface area contributed by atoms with Crippen LogP contribution in [0.25, 0.3) is 5.69 Å². The van der Waals surface area contributed by atoms with Crippen LogP contribution in [0.1, 0.15) is 40.0 Å². The first-order valence-corrected chi connectivity index (χ1v) is 8.07. The lowest BCUT2D eigenvalue weighted by atomic mass is 10.1. The molecule has 1 saturated heterocycles. The van der Waals surface area contributed by atoms with Crippen LogP contribution < -0.4 is 0 Å². The molecule has 1 aromatic carbocycles. The van der Waals surface area contributed by atoms with Crippen molar-refractivity contribution in [3.8, 4) is 5.69 Å². The number of rotatable bonds is 2. The number of carbonyl (C=O) groups is 1. The maximum atomic E-state index is 12.7. The van der Waals surface area contributed by atoms with Gasteiger partial charge >= 0.3 is 0 Å². The zero-order valence-electron chi connectivity index (χ0n) is 13.9. The van der Waals surface area contributed by atoms with Crippen molar-refractivity contribution in [1.82, 2.24) is 14.7 Å². The van der Waals surface area contributed by atoms with Crippen LogP contribution in [0.2, 0.25) is 0 Å². The van der Waals surface area contributed by atoms with E-state index >= 15 is 0 Å². The Morgan fingerprint density at radius 2 is 1.91 bits per heavy atom. The maximum Gasteiger partial charge on any atom is 0.257 e. The van der Waals surface area contributed by atoms with Crippen molar-refractivity contribution < 1.29 is 9.90 Å². The molecule has 1 fully saturated rings. The highest BCUT2D eigenvalue weighted by molar-refractivity contribution is 5.95. The molecule has 0 unspecified atom stereocenters. The van der Waals surface area contributed by atoms with Gasteiger partial charge < -0.3 is 10.0 Å². The van der Waals surface area contributed by atoms with E-state index in [2.05, 4.69) is 23.3 Å². The van der Waals surface area contributed by atoms with Gasteiger partial charge in [-0.3, -0.25) is 4.79 Å². The van der Waals surface area contributed by atoms with Gasteiger partial charge in [0.2, 0.25) is 0 Å². The van der Waals surface area contributed by atoms with Crippen molar-refractivity contribution >= 4 is 5.91 Å². The smallest absolute Gasteiger partial charge is 0.257 e. The van der Waals surface area contributed by atoms with E-state index in [9.17, 15) is 9.90 Å². The van der Waals surface area contributed by atoms with E-state index < -0.39 is 0 Å². The first kappa shape index (κ1) is 15.7. The molecular weight excluding hydrogens is 290 g/mol. The molecule has 0 radical (unpaired) electrons. The van der Waals surface area contributed by atoms with Crippen molar-refractivity contribution in [3.05, 3.63) is 46.8 Å². The average Bonchev–Trinajstić information content (AvgIpc) is 2.91. The quantitative estimate of drug-likeness (QED) is 0.926. The van der Waals surface area contributed by atoms with Crippen LogP contribution in [0, 0.1) is 20.8 Å². The maximum absolute atomic E-state index is 12.7. The Hall–Kier alpha value is -2.14. The minimum Gasteiger partial charge on any atom is -0.393 e. The van der Waals surface area contributed by atoms with Gasteiger partial charge in [-0.15, -0.1) is 0 Å². The Balaban J connectivity index is 1.90. The van der Waals surface area contributed by atoms with Gasteiger partial charge in [-0.05, 0) is 50.8 Å². The Bertz CT molecular complexity index is 728. The van der Waals surface area contributed by atoms with Crippen molar-refractivity contribution in [3.63, 3.8) is 0 Å². The minimum atomic E-state index is -0.280. The Morgan fingerprint density at radius 3 is 2.61 bits per heavy atom. The average molecular weight is 313 g/mol. The summed E-state index contributed by atoms with van der Waals surface area (Å²) < 4.78 is 1.84. The van der Waals surface area contributed by atoms with Crippen molar-refractivity contribution in [2.45, 2.75) is 39.7 Å². The first-order chi connectivity index (χ1) is 11.0. The number of aliphatic hydroxyl groups excluding tert-OH is 1. The highest BCUT2D eigenvalue weighted by Gasteiger charge is 2.25. The molecule has 0 atom stereocenters. The Morgan fingerprint density at radius 1 is 1.22 bits per heavy atom. The third-order valence-electron chi connectivity index (χ3n) is 4.58. The molecule has 1 aliphatic heterocycles. The van der Waals surface area contributed by atoms with Gasteiger partial charge in [-0.1, -0.05) is 12.1 Å². The number of aryl methyl sites for hydroxylation is 2. The molecular formula is C18H23N3O2. The fraction of sp³-hybridized carbons (Fsp3) is 0.444. The van der Waals surface area contributed by atoms with E-state index in [1.54, 1.807) is 6.20 Å². The minimum absolute atomic E-state index is 0.00551. The number of likely N-dealkylation sites (tertiary alicyclic amines) is 1. The second-order valence-corrected chi connectivity index (χ2v) is 6.37. The molecule has 1 N–H and O–H groups in total. The number of aromatic nitrogens is 2. The van der Waals surface area contributed by atoms with Gasteiger partial charge in [0.25, 0.3) is 5.91 Å². The lowest BCUT2D eigenvalue weighted by Gasteiger charge is -2.29. The fourth-order valence-corrected chi connectivity index (χ4v) is 3.05. The lowest BCUT2D eigenvalue weighted by molar-refractivity contribution is 0.0546. The summed E-state index contributed by atoms with van der Waals surface area (Å²) in [5.41, 5.74) is 4.80. The van der Waals surface area contributed by atoms with Crippen molar-refractivity contribution in [1.29, 1.82) is 0 Å². The Labute approximate surface area is 136 Å². The third-order valence-corrected chi connectivity index (χ3v) is 4.58. The highest BCUT2D eigenvalue weighted by atomic mass is 16.3. The molecule has 0 saturated carbocycles. The van der Waals surface area contributed by atoms with Gasteiger partial charge in [0.15, 0.2) is 0 Å². The number of carbonyl (C=O) groups excluding carboxylic acids is 1. The van der Waals surface area contributed by atoms with E-state index in [0.29, 0.717) is 31.5 Å². The van der Waals surface area contributed by atoms with E-state index in [1.807, 2.05) is 30.4 Å². The summed E-state index contributed by atoms with van der Waals surface area (Å²) in [5, 5.41) is 14.0. The van der Waals surface area contributed by atoms with E-state index in [4.69, 9.17) is 0 Å². The van der Waals surface area contributed by atoms with Crippen LogP contribution >= 0.6 is 0 Å². The number of amides is 1. The number of nitrogens with zero attached hydrogens (tertiary/aromatic N) is 3. The number of hydrogen-bond donors (Lipinski definition) is 1. The molecule has 3 rings (SSSR count). The molecule has 0 bridgehead atoms. The number of hydrogen-bond acceptors (Lipinski definition) is 3. The van der Waals surface area contributed by atoms with Crippen LogP contribution in [0.15, 0.2) is 24.4 Å². The molecule has 2 heterocycles. The first-order valence-electron chi connectivity index (χ1n) is 8.07. The molecule has 5 heteroatoms. The second-order valence-electron chi connectivity index (χ2n) is 6.37. The summed E-state index contributed by atoms with van der Waals surface area (Å²) in [6, 6.07) is 6.23. The van der Waals surface area contributed by atoms with Gasteiger partial charge in [0.05, 0.1) is 29.2 Å². The zero-order valence-corrected chi connectivity index (χ0v) is 13.9. The van der Waals surface area contributed by atoms with Crippen LogP contribution in [0.3, 0.4) is 0 Å². The summed E-state index contributed by atoms with van der Waals surface area (Å²) >= 11 is 0. The molecule has 0 spiro atoms. The highest BCUT2D eigenvalue weighted by Crippen LogP contribution is 2.21. The fourth-order valence-electron chi connectivity index (χ4n) is 3.05. The largest absolute Gasteiger partial charge is 0.393 e. The standard InChI is InChI=1S/C18H23N3O2/c1-12-4-5-13(2)17(10-12)21-14(3)16(11-19-21)18(23)20-8-6-15(22)7-9-20/h4-5,10-11,15,22H,6-9H2,1-3H3. The summed E-state index contributed by atoms with van der Waals surface area (Å²) in [7, 11) is 0. The predicted octanol–water partition coefficient (Wildman–Crippen LogP) is 2.39. The van der Waals surface area contributed by atoms with Gasteiger partial charge in [-0.25, -0.2) is 4.68 Å². The topological polar surface area (TPSA) is 58.4 Å². The SMILES string of the molecule is Cc1ccc(C)c(-n2ncc(C(=O)N3CCC(O)CC3)c2C)c1. The number of piperidine rings is 1. The van der Waals surface area contributed by atoms with E-state index in [-0.39, 0.29) is 12.0 Å². The van der Waals surface area contributed by atoms with Crippen LogP contribution in [-0.2, 0) is 0 Å². The van der Waals surface area contributed by atoms with E-state index in [1.165, 1.54) is 5.56 Å². The van der Waals surface area contributed by atoms with Gasteiger partial charge in [-0.2, -0.15) is 5.10 Å². The molecule has 2 aromatic rings. The summed E-state index contributed by atoms with van der Waals surface area (Å²) in [4.78, 5) is 14.5. The molecule has 122 valence electrons. The normalized spacial score (nSPS) is 15.9. The molecule has 1 aromatic heterocycles. The third kappa shape index (κ3) is 3.01. The second kappa shape index (κ2) is 6.16. The zero-order chi connectivity index (χ0) is 16.6. The van der Waals surface area contributed by atoms with Crippen molar-refractivity contribution in [2.75, 3.05) is 13.1 Å². The lowest BCUT2D eigenvalue weighted by Crippen LogP contribution is -2.40. The molecule has 1 aliphatic rings. The monoisotopic (exact) mass is 313 g/mol. The molecule has 23 heavy (non-hydrogen) atoms. The molecule has 1 amide bonds. The molecule has 5 nitrogen and oxygen atoms in total. The Kier molecular flexibility index (Phi) is 4.22. The summed E-state index contributed by atoms with van der Waals surface area (Å²) in [5.74, 6) is 0.00551.